The van der Waals surface area contributed by atoms with Crippen LogP contribution in [0.1, 0.15) is 12.8 Å². The van der Waals surface area contributed by atoms with Crippen LogP contribution in [0.3, 0.4) is 0 Å². The largest absolute Gasteiger partial charge is 0.153 e. The maximum Gasteiger partial charge on any atom is 0.0170 e. The van der Waals surface area contributed by atoms with Crippen LogP contribution in [0.5, 0.6) is 0 Å². The van der Waals surface area contributed by atoms with Gasteiger partial charge >= 0.3 is 0 Å². The molecule has 1 heteroatoms. The van der Waals surface area contributed by atoms with E-state index >= 15 is 0 Å². The number of hydrogen-bond acceptors (Lipinski definition) is 1. The molecule has 2 rings (SSSR count). The Bertz CT molecular complexity index is 48.7. The standard InChI is InChI=1S/C4H6S/c1-2-4-3(1)5-4/h3-4H,1-2H2. The van der Waals surface area contributed by atoms with Gasteiger partial charge in [0.2, 0.25) is 0 Å². The topological polar surface area (TPSA) is 0 Å². The molecule has 2 atom stereocenters. The predicted molar refractivity (Wildman–Crippen MR) is 24.4 cm³/mol. The van der Waals surface area contributed by atoms with Gasteiger partial charge in [-0.2, -0.15) is 11.8 Å². The van der Waals surface area contributed by atoms with Crippen LogP contribution in [0.2, 0.25) is 0 Å². The third kappa shape index (κ3) is 0.186. The summed E-state index contributed by atoms with van der Waals surface area (Å²) in [5, 5.41) is 2.30. The van der Waals surface area contributed by atoms with Crippen molar-refractivity contribution in [3.05, 3.63) is 0 Å². The van der Waals surface area contributed by atoms with Crippen LogP contribution >= 0.6 is 11.8 Å². The summed E-state index contributed by atoms with van der Waals surface area (Å²) in [4.78, 5) is 0. The van der Waals surface area contributed by atoms with Crippen molar-refractivity contribution in [2.75, 3.05) is 0 Å². The first-order valence-electron chi connectivity index (χ1n) is 2.12. The number of rotatable bonds is 0. The van der Waals surface area contributed by atoms with Gasteiger partial charge in [0.05, 0.1) is 0 Å². The molecule has 2 aliphatic rings. The zero-order valence-electron chi connectivity index (χ0n) is 2.98. The minimum Gasteiger partial charge on any atom is -0.153 e. The second kappa shape index (κ2) is 0.558. The zero-order chi connectivity index (χ0) is 3.28. The lowest BCUT2D eigenvalue weighted by Crippen LogP contribution is -2.04. The SMILES string of the molecule is C1CC2SC12. The number of thioether (sulfide) groups is 1. The lowest BCUT2D eigenvalue weighted by Gasteiger charge is -2.01. The fourth-order valence-electron chi connectivity index (χ4n) is 0.754. The van der Waals surface area contributed by atoms with Crippen LogP contribution in [-0.4, -0.2) is 10.5 Å². The van der Waals surface area contributed by atoms with Crippen molar-refractivity contribution in [1.29, 1.82) is 0 Å². The Kier molecular flexibility index (Phi) is 0.280. The summed E-state index contributed by atoms with van der Waals surface area (Å²) in [6, 6.07) is 0. The molecular formula is C4H6S. The van der Waals surface area contributed by atoms with E-state index in [0.29, 0.717) is 0 Å². The van der Waals surface area contributed by atoms with E-state index in [1.165, 1.54) is 12.8 Å². The summed E-state index contributed by atoms with van der Waals surface area (Å²) in [5.74, 6) is 0. The van der Waals surface area contributed by atoms with Crippen molar-refractivity contribution in [3.63, 3.8) is 0 Å². The summed E-state index contributed by atoms with van der Waals surface area (Å²) in [6.45, 7) is 0. The highest BCUT2D eigenvalue weighted by Gasteiger charge is 2.46. The molecule has 1 aliphatic carbocycles. The van der Waals surface area contributed by atoms with E-state index in [1.54, 1.807) is 0 Å². The molecule has 2 fully saturated rings. The molecule has 2 unspecified atom stereocenters. The molecule has 1 saturated heterocycles. The van der Waals surface area contributed by atoms with Crippen molar-refractivity contribution in [2.45, 2.75) is 23.3 Å². The fraction of sp³-hybridized carbons (Fsp3) is 1.00. The highest BCUT2D eigenvalue weighted by molar-refractivity contribution is 8.08. The predicted octanol–water partition coefficient (Wildman–Crippen LogP) is 1.26. The second-order valence-electron chi connectivity index (χ2n) is 1.79. The summed E-state index contributed by atoms with van der Waals surface area (Å²) in [5.41, 5.74) is 0. The molecule has 0 amide bonds. The van der Waals surface area contributed by atoms with Crippen LogP contribution in [-0.2, 0) is 0 Å². The summed E-state index contributed by atoms with van der Waals surface area (Å²) >= 11 is 2.16. The van der Waals surface area contributed by atoms with E-state index < -0.39 is 0 Å². The van der Waals surface area contributed by atoms with Gasteiger partial charge in [0.25, 0.3) is 0 Å². The Balaban J connectivity index is 2.19. The van der Waals surface area contributed by atoms with Crippen molar-refractivity contribution >= 4 is 11.8 Å². The Morgan fingerprint density at radius 2 is 1.80 bits per heavy atom. The highest BCUT2D eigenvalue weighted by atomic mass is 32.2. The molecule has 0 nitrogen and oxygen atoms in total. The normalized spacial score (nSPS) is 57.6. The van der Waals surface area contributed by atoms with E-state index in [9.17, 15) is 0 Å². The van der Waals surface area contributed by atoms with Crippen molar-refractivity contribution in [1.82, 2.24) is 0 Å². The third-order valence-electron chi connectivity index (χ3n) is 1.42. The lowest BCUT2D eigenvalue weighted by molar-refractivity contribution is 0.612. The van der Waals surface area contributed by atoms with Crippen LogP contribution in [0.25, 0.3) is 0 Å². The van der Waals surface area contributed by atoms with Gasteiger partial charge in [0, 0.05) is 10.5 Å². The maximum atomic E-state index is 2.16. The van der Waals surface area contributed by atoms with Crippen molar-refractivity contribution < 1.29 is 0 Å². The van der Waals surface area contributed by atoms with Crippen molar-refractivity contribution in [3.8, 4) is 0 Å². The van der Waals surface area contributed by atoms with E-state index in [1.807, 2.05) is 0 Å². The van der Waals surface area contributed by atoms with Crippen LogP contribution in [0, 0.1) is 0 Å². The van der Waals surface area contributed by atoms with E-state index in [0.717, 1.165) is 10.5 Å². The summed E-state index contributed by atoms with van der Waals surface area (Å²) in [7, 11) is 0. The molecule has 28 valence electrons. The molecule has 0 radical (unpaired) electrons. The fourth-order valence-corrected chi connectivity index (χ4v) is 1.93. The van der Waals surface area contributed by atoms with Gasteiger partial charge in [0.1, 0.15) is 0 Å². The van der Waals surface area contributed by atoms with E-state index in [-0.39, 0.29) is 0 Å². The molecule has 0 aromatic carbocycles. The van der Waals surface area contributed by atoms with Crippen LogP contribution < -0.4 is 0 Å². The third-order valence-corrected chi connectivity index (χ3v) is 2.94. The van der Waals surface area contributed by atoms with Gasteiger partial charge in [0.15, 0.2) is 0 Å². The monoisotopic (exact) mass is 86.0 g/mol. The first kappa shape index (κ1) is 2.51. The van der Waals surface area contributed by atoms with Gasteiger partial charge in [-0.05, 0) is 12.8 Å². The molecular weight excluding hydrogens is 80.1 g/mol. The van der Waals surface area contributed by atoms with Gasteiger partial charge in [-0.3, -0.25) is 0 Å². The molecule has 5 heavy (non-hydrogen) atoms. The number of fused-ring (bicyclic) bond motifs is 1. The van der Waals surface area contributed by atoms with E-state index in [4.69, 9.17) is 0 Å². The number of hydrogen-bond donors (Lipinski definition) is 0. The summed E-state index contributed by atoms with van der Waals surface area (Å²) < 4.78 is 0. The minimum atomic E-state index is 1.15. The van der Waals surface area contributed by atoms with Crippen molar-refractivity contribution in [2.24, 2.45) is 0 Å². The van der Waals surface area contributed by atoms with Gasteiger partial charge in [-0.1, -0.05) is 0 Å². The molecule has 1 aliphatic heterocycles. The lowest BCUT2D eigenvalue weighted by atomic mass is 10.0. The van der Waals surface area contributed by atoms with E-state index in [2.05, 4.69) is 11.8 Å². The smallest absolute Gasteiger partial charge is 0.0170 e. The Morgan fingerprint density at radius 1 is 1.20 bits per heavy atom. The highest BCUT2D eigenvalue weighted by Crippen LogP contribution is 2.56. The average molecular weight is 86.2 g/mol. The first-order valence-corrected chi connectivity index (χ1v) is 3.06. The Labute approximate surface area is 35.9 Å². The quantitative estimate of drug-likeness (QED) is 0.400. The Morgan fingerprint density at radius 3 is 1.80 bits per heavy atom. The molecule has 0 bridgehead atoms. The Hall–Kier alpha value is 0.350. The molecule has 0 aromatic heterocycles. The average Bonchev–Trinajstić information content (AvgIpc) is 1.74. The van der Waals surface area contributed by atoms with Crippen LogP contribution in [0.4, 0.5) is 0 Å². The summed E-state index contributed by atoms with van der Waals surface area (Å²) in [6.07, 6.45) is 3.05. The molecule has 0 N–H and O–H groups in total. The molecule has 0 spiro atoms. The maximum absolute atomic E-state index is 2.16. The molecule has 1 heterocycles. The second-order valence-corrected chi connectivity index (χ2v) is 3.27. The van der Waals surface area contributed by atoms with Gasteiger partial charge in [-0.25, -0.2) is 0 Å². The van der Waals surface area contributed by atoms with Gasteiger partial charge < -0.3 is 0 Å². The zero-order valence-corrected chi connectivity index (χ0v) is 3.79. The minimum absolute atomic E-state index is 1.15. The first-order chi connectivity index (χ1) is 2.47. The molecule has 0 aromatic rings. The van der Waals surface area contributed by atoms with Gasteiger partial charge in [-0.15, -0.1) is 0 Å². The molecule has 1 saturated carbocycles. The van der Waals surface area contributed by atoms with Crippen LogP contribution in [0.15, 0.2) is 0 Å².